The van der Waals surface area contributed by atoms with Crippen molar-refractivity contribution in [2.75, 3.05) is 4.90 Å². The van der Waals surface area contributed by atoms with Gasteiger partial charge in [-0.05, 0) is 23.8 Å². The van der Waals surface area contributed by atoms with Crippen molar-refractivity contribution in [2.24, 2.45) is 0 Å². The van der Waals surface area contributed by atoms with Crippen LogP contribution in [0.4, 0.5) is 5.69 Å². The van der Waals surface area contributed by atoms with Gasteiger partial charge in [0.1, 0.15) is 5.37 Å². The lowest BCUT2D eigenvalue weighted by atomic mass is 10.1. The Kier molecular flexibility index (Phi) is 1.72. The van der Waals surface area contributed by atoms with Crippen LogP contribution in [0.5, 0.6) is 0 Å². The minimum absolute atomic E-state index is 0.128. The normalized spacial score (nSPS) is 20.1. The molecular formula is C14H9NOS. The molecule has 0 saturated carbocycles. The van der Waals surface area contributed by atoms with E-state index in [1.807, 2.05) is 41.3 Å². The smallest absolute Gasteiger partial charge is 0.259 e. The molecule has 0 bridgehead atoms. The van der Waals surface area contributed by atoms with Gasteiger partial charge in [-0.15, -0.1) is 0 Å². The van der Waals surface area contributed by atoms with Crippen molar-refractivity contribution < 1.29 is 4.79 Å². The maximum absolute atomic E-state index is 12.4. The zero-order valence-electron chi connectivity index (χ0n) is 8.96. The van der Waals surface area contributed by atoms with E-state index in [0.29, 0.717) is 0 Å². The molecule has 3 heteroatoms. The molecule has 1 atom stereocenters. The summed E-state index contributed by atoms with van der Waals surface area (Å²) in [5.74, 6) is 0.128. The Bertz CT molecular complexity index is 638. The van der Waals surface area contributed by atoms with E-state index < -0.39 is 0 Å². The summed E-state index contributed by atoms with van der Waals surface area (Å²) in [5.41, 5.74) is 3.03. The van der Waals surface area contributed by atoms with E-state index in [9.17, 15) is 4.79 Å². The number of carbonyl (C=O) groups excluding carboxylic acids is 1. The first-order valence-corrected chi connectivity index (χ1v) is 6.42. The number of hydrogen-bond acceptors (Lipinski definition) is 2. The molecule has 0 fully saturated rings. The SMILES string of the molecule is O=C1c2ccccc2[C@@H]2Sc3ccccc3N12. The number of nitrogens with zero attached hydrogens (tertiary/aromatic N) is 1. The molecule has 2 aromatic rings. The summed E-state index contributed by atoms with van der Waals surface area (Å²) in [4.78, 5) is 15.5. The van der Waals surface area contributed by atoms with Crippen LogP contribution in [0, 0.1) is 0 Å². The fourth-order valence-corrected chi connectivity index (χ4v) is 3.84. The Morgan fingerprint density at radius 2 is 1.76 bits per heavy atom. The maximum Gasteiger partial charge on any atom is 0.259 e. The summed E-state index contributed by atoms with van der Waals surface area (Å²) in [5, 5.41) is 0.135. The minimum Gasteiger partial charge on any atom is -0.290 e. The third kappa shape index (κ3) is 1.09. The van der Waals surface area contributed by atoms with Gasteiger partial charge in [-0.2, -0.15) is 0 Å². The summed E-state index contributed by atoms with van der Waals surface area (Å²) < 4.78 is 0. The van der Waals surface area contributed by atoms with Crippen molar-refractivity contribution in [1.29, 1.82) is 0 Å². The van der Waals surface area contributed by atoms with Crippen LogP contribution in [0.15, 0.2) is 53.4 Å². The Labute approximate surface area is 103 Å². The molecule has 4 rings (SSSR count). The molecule has 2 nitrogen and oxygen atoms in total. The Morgan fingerprint density at radius 3 is 2.71 bits per heavy atom. The third-order valence-electron chi connectivity index (χ3n) is 3.27. The predicted molar refractivity (Wildman–Crippen MR) is 68.3 cm³/mol. The van der Waals surface area contributed by atoms with Crippen molar-refractivity contribution in [2.45, 2.75) is 10.3 Å². The van der Waals surface area contributed by atoms with Crippen LogP contribution in [0.3, 0.4) is 0 Å². The number of fused-ring (bicyclic) bond motifs is 5. The first kappa shape index (κ1) is 9.31. The topological polar surface area (TPSA) is 20.3 Å². The number of anilines is 1. The van der Waals surface area contributed by atoms with Crippen LogP contribution in [0.25, 0.3) is 0 Å². The molecule has 0 spiro atoms. The van der Waals surface area contributed by atoms with Crippen molar-refractivity contribution >= 4 is 23.4 Å². The predicted octanol–water partition coefficient (Wildman–Crippen LogP) is 3.45. The summed E-state index contributed by atoms with van der Waals surface area (Å²) >= 11 is 1.76. The lowest BCUT2D eigenvalue weighted by Gasteiger charge is -2.15. The van der Waals surface area contributed by atoms with Gasteiger partial charge in [0.05, 0.1) is 5.69 Å². The van der Waals surface area contributed by atoms with Gasteiger partial charge in [0.15, 0.2) is 0 Å². The highest BCUT2D eigenvalue weighted by molar-refractivity contribution is 8.00. The third-order valence-corrected chi connectivity index (χ3v) is 4.56. The maximum atomic E-state index is 12.4. The zero-order chi connectivity index (χ0) is 11.4. The monoisotopic (exact) mass is 239 g/mol. The van der Waals surface area contributed by atoms with E-state index in [1.54, 1.807) is 11.8 Å². The number of thioether (sulfide) groups is 1. The van der Waals surface area contributed by atoms with Gasteiger partial charge in [0, 0.05) is 10.5 Å². The molecule has 2 aliphatic rings. The number of rotatable bonds is 0. The molecule has 17 heavy (non-hydrogen) atoms. The van der Waals surface area contributed by atoms with Crippen LogP contribution in [0.1, 0.15) is 21.3 Å². The minimum atomic E-state index is 0.128. The average molecular weight is 239 g/mol. The number of benzene rings is 2. The van der Waals surface area contributed by atoms with Crippen molar-refractivity contribution in [1.82, 2.24) is 0 Å². The van der Waals surface area contributed by atoms with E-state index in [2.05, 4.69) is 12.1 Å². The lowest BCUT2D eigenvalue weighted by molar-refractivity contribution is 0.0996. The molecule has 0 aromatic heterocycles. The van der Waals surface area contributed by atoms with Crippen LogP contribution >= 0.6 is 11.8 Å². The highest BCUT2D eigenvalue weighted by Gasteiger charge is 2.43. The second-order valence-corrected chi connectivity index (χ2v) is 5.32. The van der Waals surface area contributed by atoms with Crippen LogP contribution < -0.4 is 4.90 Å². The zero-order valence-corrected chi connectivity index (χ0v) is 9.78. The molecule has 2 aromatic carbocycles. The molecule has 0 N–H and O–H groups in total. The van der Waals surface area contributed by atoms with E-state index in [0.717, 1.165) is 16.8 Å². The molecule has 2 aliphatic heterocycles. The molecule has 0 aliphatic carbocycles. The highest BCUT2D eigenvalue weighted by atomic mass is 32.2. The van der Waals surface area contributed by atoms with Gasteiger partial charge in [0.2, 0.25) is 0 Å². The van der Waals surface area contributed by atoms with Gasteiger partial charge < -0.3 is 0 Å². The van der Waals surface area contributed by atoms with Crippen molar-refractivity contribution in [3.8, 4) is 0 Å². The molecule has 1 amide bonds. The van der Waals surface area contributed by atoms with Gasteiger partial charge in [0.25, 0.3) is 5.91 Å². The quantitative estimate of drug-likeness (QED) is 0.701. The lowest BCUT2D eigenvalue weighted by Crippen LogP contribution is -2.22. The van der Waals surface area contributed by atoms with Crippen LogP contribution in [-0.4, -0.2) is 5.91 Å². The highest BCUT2D eigenvalue weighted by Crippen LogP contribution is 2.55. The summed E-state index contributed by atoms with van der Waals surface area (Å²) in [6.07, 6.45) is 0. The van der Waals surface area contributed by atoms with Gasteiger partial charge in [-0.1, -0.05) is 42.1 Å². The van der Waals surface area contributed by atoms with Crippen molar-refractivity contribution in [3.63, 3.8) is 0 Å². The summed E-state index contributed by atoms with van der Waals surface area (Å²) in [7, 11) is 0. The van der Waals surface area contributed by atoms with E-state index in [-0.39, 0.29) is 11.3 Å². The second kappa shape index (κ2) is 3.14. The Morgan fingerprint density at radius 1 is 1.00 bits per heavy atom. The van der Waals surface area contributed by atoms with Crippen LogP contribution in [0.2, 0.25) is 0 Å². The van der Waals surface area contributed by atoms with E-state index >= 15 is 0 Å². The van der Waals surface area contributed by atoms with Gasteiger partial charge >= 0.3 is 0 Å². The first-order valence-electron chi connectivity index (χ1n) is 5.54. The van der Waals surface area contributed by atoms with E-state index in [1.165, 1.54) is 4.90 Å². The van der Waals surface area contributed by atoms with Crippen molar-refractivity contribution in [3.05, 3.63) is 59.7 Å². The standard InChI is InChI=1S/C14H9NOS/c16-13-9-5-1-2-6-10(9)14-15(13)11-7-3-4-8-12(11)17-14/h1-8,14H/t14-/m0/s1. The molecule has 0 radical (unpaired) electrons. The van der Waals surface area contributed by atoms with Crippen LogP contribution in [-0.2, 0) is 0 Å². The first-order chi connectivity index (χ1) is 8.36. The largest absolute Gasteiger partial charge is 0.290 e. The number of amides is 1. The molecule has 82 valence electrons. The van der Waals surface area contributed by atoms with Gasteiger partial charge in [-0.25, -0.2) is 0 Å². The number of hydrogen-bond donors (Lipinski definition) is 0. The fraction of sp³-hybridized carbons (Fsp3) is 0.0714. The Balaban J connectivity index is 1.94. The molecule has 2 heterocycles. The molecule has 0 unspecified atom stereocenters. The molecular weight excluding hydrogens is 230 g/mol. The fourth-order valence-electron chi connectivity index (χ4n) is 2.51. The Hall–Kier alpha value is -1.74. The number of carbonyl (C=O) groups is 1. The summed E-state index contributed by atoms with van der Waals surface area (Å²) in [6.45, 7) is 0. The van der Waals surface area contributed by atoms with E-state index in [4.69, 9.17) is 0 Å². The number of para-hydroxylation sites is 1. The average Bonchev–Trinajstić information content (AvgIpc) is 2.88. The summed E-state index contributed by atoms with van der Waals surface area (Å²) in [6, 6.07) is 16.0. The molecule has 0 saturated heterocycles. The second-order valence-electron chi connectivity index (χ2n) is 4.20. The van der Waals surface area contributed by atoms with Gasteiger partial charge in [-0.3, -0.25) is 9.69 Å².